The SMILES string of the molecule is CC(C)Oc1cncc(C(=O)C2CC3CCC2N3)c1. The molecule has 0 aliphatic carbocycles. The molecule has 0 amide bonds. The molecule has 1 aromatic rings. The molecule has 1 aromatic heterocycles. The summed E-state index contributed by atoms with van der Waals surface area (Å²) in [4.78, 5) is 16.7. The minimum Gasteiger partial charge on any atom is -0.489 e. The lowest BCUT2D eigenvalue weighted by atomic mass is 9.84. The third-order valence-corrected chi connectivity index (χ3v) is 4.01. The zero-order valence-corrected chi connectivity index (χ0v) is 11.4. The summed E-state index contributed by atoms with van der Waals surface area (Å²) in [5.41, 5.74) is 0.678. The molecule has 3 heterocycles. The topological polar surface area (TPSA) is 51.2 Å². The molecule has 3 rings (SSSR count). The molecule has 3 unspecified atom stereocenters. The number of pyridine rings is 1. The van der Waals surface area contributed by atoms with Crippen LogP contribution in [0, 0.1) is 5.92 Å². The normalized spacial score (nSPS) is 28.9. The number of fused-ring (bicyclic) bond motifs is 2. The van der Waals surface area contributed by atoms with Gasteiger partial charge in [-0.25, -0.2) is 0 Å². The van der Waals surface area contributed by atoms with Gasteiger partial charge in [0.25, 0.3) is 0 Å². The van der Waals surface area contributed by atoms with E-state index in [9.17, 15) is 4.79 Å². The highest BCUT2D eigenvalue weighted by atomic mass is 16.5. The molecular formula is C15H20N2O2. The van der Waals surface area contributed by atoms with E-state index in [0.717, 1.165) is 12.8 Å². The van der Waals surface area contributed by atoms with Crippen molar-refractivity contribution in [2.24, 2.45) is 5.92 Å². The molecule has 0 saturated carbocycles. The molecule has 2 aliphatic rings. The van der Waals surface area contributed by atoms with Gasteiger partial charge in [0.05, 0.1) is 12.3 Å². The fraction of sp³-hybridized carbons (Fsp3) is 0.600. The van der Waals surface area contributed by atoms with Gasteiger partial charge in [0.15, 0.2) is 5.78 Å². The number of carbonyl (C=O) groups is 1. The standard InChI is InChI=1S/C15H20N2O2/c1-9(2)19-12-5-10(7-16-8-12)15(18)13-6-11-3-4-14(13)17-11/h5,7-9,11,13-14,17H,3-4,6H2,1-2H3. The quantitative estimate of drug-likeness (QED) is 0.843. The van der Waals surface area contributed by atoms with E-state index in [1.165, 1.54) is 6.42 Å². The van der Waals surface area contributed by atoms with Gasteiger partial charge in [0.1, 0.15) is 5.75 Å². The second kappa shape index (κ2) is 4.93. The Balaban J connectivity index is 1.76. The van der Waals surface area contributed by atoms with Crippen molar-refractivity contribution >= 4 is 5.78 Å². The van der Waals surface area contributed by atoms with Gasteiger partial charge in [-0.1, -0.05) is 0 Å². The second-order valence-electron chi connectivity index (χ2n) is 5.83. The van der Waals surface area contributed by atoms with Crippen LogP contribution in [0.1, 0.15) is 43.5 Å². The molecule has 0 spiro atoms. The molecule has 102 valence electrons. The lowest BCUT2D eigenvalue weighted by molar-refractivity contribution is 0.0899. The monoisotopic (exact) mass is 260 g/mol. The summed E-state index contributed by atoms with van der Waals surface area (Å²) in [5, 5.41) is 3.50. The molecule has 0 radical (unpaired) electrons. The highest BCUT2D eigenvalue weighted by Gasteiger charge is 2.42. The Bertz CT molecular complexity index is 487. The third-order valence-electron chi connectivity index (χ3n) is 4.01. The van der Waals surface area contributed by atoms with Crippen LogP contribution in [-0.4, -0.2) is 29.0 Å². The highest BCUT2D eigenvalue weighted by molar-refractivity contribution is 5.98. The number of nitrogens with zero attached hydrogens (tertiary/aromatic N) is 1. The van der Waals surface area contributed by atoms with Crippen LogP contribution in [-0.2, 0) is 0 Å². The van der Waals surface area contributed by atoms with Crippen molar-refractivity contribution < 1.29 is 9.53 Å². The predicted octanol–water partition coefficient (Wildman–Crippen LogP) is 2.19. The van der Waals surface area contributed by atoms with Gasteiger partial charge in [-0.05, 0) is 39.2 Å². The molecule has 2 saturated heterocycles. The van der Waals surface area contributed by atoms with Crippen molar-refractivity contribution in [2.75, 3.05) is 0 Å². The smallest absolute Gasteiger partial charge is 0.169 e. The summed E-state index contributed by atoms with van der Waals surface area (Å²) in [5.74, 6) is 1.01. The van der Waals surface area contributed by atoms with Crippen molar-refractivity contribution in [1.82, 2.24) is 10.3 Å². The van der Waals surface area contributed by atoms with Crippen LogP contribution < -0.4 is 10.1 Å². The Labute approximate surface area is 113 Å². The average Bonchev–Trinajstić information content (AvgIpc) is 2.99. The van der Waals surface area contributed by atoms with Crippen LogP contribution in [0.3, 0.4) is 0 Å². The molecule has 4 heteroatoms. The largest absolute Gasteiger partial charge is 0.489 e. The van der Waals surface area contributed by atoms with Gasteiger partial charge in [-0.2, -0.15) is 0 Å². The molecule has 2 aliphatic heterocycles. The van der Waals surface area contributed by atoms with Gasteiger partial charge < -0.3 is 10.1 Å². The van der Waals surface area contributed by atoms with Crippen molar-refractivity contribution in [3.05, 3.63) is 24.0 Å². The first-order chi connectivity index (χ1) is 9.13. The Morgan fingerprint density at radius 2 is 2.26 bits per heavy atom. The number of Topliss-reactive ketones (excluding diaryl/α,β-unsaturated/α-hetero) is 1. The van der Waals surface area contributed by atoms with Crippen molar-refractivity contribution in [3.8, 4) is 5.75 Å². The molecule has 2 bridgehead atoms. The number of ether oxygens (including phenoxy) is 1. The fourth-order valence-electron chi connectivity index (χ4n) is 3.22. The lowest BCUT2D eigenvalue weighted by Crippen LogP contribution is -2.28. The van der Waals surface area contributed by atoms with Crippen LogP contribution in [0.15, 0.2) is 18.5 Å². The molecular weight excluding hydrogens is 240 g/mol. The van der Waals surface area contributed by atoms with Crippen molar-refractivity contribution in [3.63, 3.8) is 0 Å². The first-order valence-electron chi connectivity index (χ1n) is 7.05. The number of carbonyl (C=O) groups excluding carboxylic acids is 1. The van der Waals surface area contributed by atoms with E-state index in [4.69, 9.17) is 4.74 Å². The fourth-order valence-corrected chi connectivity index (χ4v) is 3.22. The van der Waals surface area contributed by atoms with E-state index >= 15 is 0 Å². The maximum atomic E-state index is 12.5. The number of hydrogen-bond donors (Lipinski definition) is 1. The minimum absolute atomic E-state index is 0.0938. The van der Waals surface area contributed by atoms with Gasteiger partial charge in [0.2, 0.25) is 0 Å². The lowest BCUT2D eigenvalue weighted by Gasteiger charge is -2.19. The van der Waals surface area contributed by atoms with E-state index in [0.29, 0.717) is 23.4 Å². The molecule has 4 nitrogen and oxygen atoms in total. The van der Waals surface area contributed by atoms with E-state index in [-0.39, 0.29) is 17.8 Å². The Kier molecular flexibility index (Phi) is 3.27. The molecule has 3 atom stereocenters. The second-order valence-corrected chi connectivity index (χ2v) is 5.83. The van der Waals surface area contributed by atoms with Crippen LogP contribution in [0.4, 0.5) is 0 Å². The summed E-state index contributed by atoms with van der Waals surface area (Å²) in [6.07, 6.45) is 6.71. The minimum atomic E-state index is 0.0938. The average molecular weight is 260 g/mol. The summed E-state index contributed by atoms with van der Waals surface area (Å²) in [6, 6.07) is 2.73. The first-order valence-corrected chi connectivity index (χ1v) is 7.05. The van der Waals surface area contributed by atoms with E-state index in [1.54, 1.807) is 12.4 Å². The first kappa shape index (κ1) is 12.6. The van der Waals surface area contributed by atoms with Crippen LogP contribution in [0.25, 0.3) is 0 Å². The number of hydrogen-bond acceptors (Lipinski definition) is 4. The molecule has 2 fully saturated rings. The Morgan fingerprint density at radius 3 is 2.89 bits per heavy atom. The number of aromatic nitrogens is 1. The van der Waals surface area contributed by atoms with Gasteiger partial charge in [-0.15, -0.1) is 0 Å². The summed E-state index contributed by atoms with van der Waals surface area (Å²) >= 11 is 0. The molecule has 1 N–H and O–H groups in total. The third kappa shape index (κ3) is 2.50. The van der Waals surface area contributed by atoms with Gasteiger partial charge in [0, 0.05) is 29.8 Å². The number of ketones is 1. The van der Waals surface area contributed by atoms with Crippen LogP contribution in [0.5, 0.6) is 5.75 Å². The summed E-state index contributed by atoms with van der Waals surface area (Å²) < 4.78 is 5.60. The molecule has 19 heavy (non-hydrogen) atoms. The Hall–Kier alpha value is -1.42. The summed E-state index contributed by atoms with van der Waals surface area (Å²) in [6.45, 7) is 3.93. The number of nitrogens with one attached hydrogen (secondary N) is 1. The highest BCUT2D eigenvalue weighted by Crippen LogP contribution is 2.35. The van der Waals surface area contributed by atoms with Crippen LogP contribution in [0.2, 0.25) is 0 Å². The zero-order valence-electron chi connectivity index (χ0n) is 11.4. The van der Waals surface area contributed by atoms with Crippen molar-refractivity contribution in [1.29, 1.82) is 0 Å². The number of rotatable bonds is 4. The molecule has 0 aromatic carbocycles. The van der Waals surface area contributed by atoms with Crippen LogP contribution >= 0.6 is 0 Å². The van der Waals surface area contributed by atoms with Crippen molar-refractivity contribution in [2.45, 2.75) is 51.3 Å². The van der Waals surface area contributed by atoms with Gasteiger partial charge in [-0.3, -0.25) is 9.78 Å². The summed E-state index contributed by atoms with van der Waals surface area (Å²) in [7, 11) is 0. The van der Waals surface area contributed by atoms with E-state index in [1.807, 2.05) is 19.9 Å². The zero-order chi connectivity index (χ0) is 13.4. The maximum Gasteiger partial charge on any atom is 0.169 e. The Morgan fingerprint density at radius 1 is 1.42 bits per heavy atom. The van der Waals surface area contributed by atoms with E-state index in [2.05, 4.69) is 10.3 Å². The maximum absolute atomic E-state index is 12.5. The van der Waals surface area contributed by atoms with Gasteiger partial charge >= 0.3 is 0 Å². The van der Waals surface area contributed by atoms with E-state index < -0.39 is 0 Å². The predicted molar refractivity (Wildman–Crippen MR) is 72.4 cm³/mol.